The highest BCUT2D eigenvalue weighted by Gasteiger charge is 2.15. The highest BCUT2D eigenvalue weighted by molar-refractivity contribution is 5.79. The number of amides is 1. The van der Waals surface area contributed by atoms with Crippen molar-refractivity contribution in [1.82, 2.24) is 16.0 Å². The molecule has 0 bridgehead atoms. The minimum absolute atomic E-state index is 0.238. The van der Waals surface area contributed by atoms with Gasteiger partial charge >= 0.3 is 6.09 Å². The fourth-order valence-electron chi connectivity index (χ4n) is 1.79. The summed E-state index contributed by atoms with van der Waals surface area (Å²) in [5, 5.41) is 8.62. The summed E-state index contributed by atoms with van der Waals surface area (Å²) in [6.07, 6.45) is -0.484. The number of rotatable bonds is 7. The Morgan fingerprint density at radius 2 is 1.73 bits per heavy atom. The lowest BCUT2D eigenvalue weighted by atomic mass is 10.2. The number of nitrogens with zero attached hydrogens (tertiary/aromatic N) is 1. The molecule has 0 aromatic heterocycles. The van der Waals surface area contributed by atoms with Crippen molar-refractivity contribution in [3.8, 4) is 5.75 Å². The van der Waals surface area contributed by atoms with Gasteiger partial charge in [-0.05, 0) is 32.9 Å². The van der Waals surface area contributed by atoms with Gasteiger partial charge in [0.25, 0.3) is 0 Å². The molecule has 0 aliphatic heterocycles. The van der Waals surface area contributed by atoms with Crippen molar-refractivity contribution in [2.75, 3.05) is 33.3 Å². The third-order valence-corrected chi connectivity index (χ3v) is 2.86. The second kappa shape index (κ2) is 10.4. The monoisotopic (exact) mass is 372 g/mol. The first-order valence-electron chi connectivity index (χ1n) is 8.20. The Morgan fingerprint density at radius 3 is 2.35 bits per heavy atom. The first-order valence-corrected chi connectivity index (χ1v) is 8.20. The molecule has 26 heavy (non-hydrogen) atoms. The van der Waals surface area contributed by atoms with E-state index >= 15 is 0 Å². The van der Waals surface area contributed by atoms with Gasteiger partial charge < -0.3 is 25.4 Å². The van der Waals surface area contributed by atoms with E-state index in [0.29, 0.717) is 25.6 Å². The minimum Gasteiger partial charge on any atom is -0.492 e. The highest BCUT2D eigenvalue weighted by Crippen LogP contribution is 2.14. The van der Waals surface area contributed by atoms with Crippen LogP contribution in [0.5, 0.6) is 5.75 Å². The number of guanidine groups is 1. The van der Waals surface area contributed by atoms with E-state index in [0.717, 1.165) is 12.1 Å². The molecule has 0 saturated heterocycles. The zero-order valence-corrected chi connectivity index (χ0v) is 15.5. The molecule has 0 saturated carbocycles. The normalized spacial score (nSPS) is 11.7. The number of nitrogens with one attached hydrogen (secondary N) is 3. The molecule has 0 spiro atoms. The van der Waals surface area contributed by atoms with E-state index in [4.69, 9.17) is 9.47 Å². The number of benzene rings is 1. The van der Waals surface area contributed by atoms with Crippen LogP contribution >= 0.6 is 0 Å². The molecule has 0 unspecified atom stereocenters. The Bertz CT molecular complexity index is 619. The van der Waals surface area contributed by atoms with Crippen LogP contribution in [0.4, 0.5) is 13.6 Å². The van der Waals surface area contributed by atoms with E-state index in [1.165, 1.54) is 6.07 Å². The van der Waals surface area contributed by atoms with Crippen molar-refractivity contribution in [3.63, 3.8) is 0 Å². The molecule has 0 atom stereocenters. The van der Waals surface area contributed by atoms with Gasteiger partial charge in [-0.2, -0.15) is 0 Å². The maximum atomic E-state index is 13.1. The number of halogens is 2. The molecule has 3 N–H and O–H groups in total. The molecule has 1 amide bonds. The Balaban J connectivity index is 2.19. The summed E-state index contributed by atoms with van der Waals surface area (Å²) in [6.45, 7) is 6.82. The van der Waals surface area contributed by atoms with Crippen LogP contribution in [0.1, 0.15) is 20.8 Å². The number of aliphatic imine (C=N–C) groups is 1. The number of hydrogen-bond acceptors (Lipinski definition) is 4. The van der Waals surface area contributed by atoms with E-state index < -0.39 is 23.3 Å². The Hall–Kier alpha value is -2.58. The molecule has 7 nitrogen and oxygen atoms in total. The zero-order chi connectivity index (χ0) is 19.6. The van der Waals surface area contributed by atoms with Crippen LogP contribution in [0, 0.1) is 11.6 Å². The highest BCUT2D eigenvalue weighted by atomic mass is 19.2. The molecule has 0 fully saturated rings. The van der Waals surface area contributed by atoms with Crippen molar-refractivity contribution in [2.45, 2.75) is 26.4 Å². The van der Waals surface area contributed by atoms with Gasteiger partial charge in [-0.3, -0.25) is 4.99 Å². The number of hydrogen-bond donors (Lipinski definition) is 3. The van der Waals surface area contributed by atoms with Crippen molar-refractivity contribution < 1.29 is 23.0 Å². The number of alkyl carbamates (subject to hydrolysis) is 1. The molecule has 146 valence electrons. The van der Waals surface area contributed by atoms with Crippen molar-refractivity contribution in [2.24, 2.45) is 4.99 Å². The van der Waals surface area contributed by atoms with Crippen LogP contribution in [-0.4, -0.2) is 50.9 Å². The molecule has 9 heteroatoms. The Kier molecular flexibility index (Phi) is 8.60. The minimum atomic E-state index is -0.953. The molecular formula is C17H26F2N4O3. The van der Waals surface area contributed by atoms with Crippen LogP contribution in [0.3, 0.4) is 0 Å². The van der Waals surface area contributed by atoms with Gasteiger partial charge in [0.05, 0.1) is 6.54 Å². The van der Waals surface area contributed by atoms with Crippen LogP contribution in [0.25, 0.3) is 0 Å². The molecule has 1 rings (SSSR count). The molecule has 0 aliphatic carbocycles. The summed E-state index contributed by atoms with van der Waals surface area (Å²) in [5.74, 6) is -1.11. The second-order valence-corrected chi connectivity index (χ2v) is 6.28. The quantitative estimate of drug-likeness (QED) is 0.388. The predicted molar refractivity (Wildman–Crippen MR) is 95.5 cm³/mol. The van der Waals surface area contributed by atoms with Crippen molar-refractivity contribution >= 4 is 12.1 Å². The number of carbonyl (C=O) groups excluding carboxylic acids is 1. The molecular weight excluding hydrogens is 346 g/mol. The zero-order valence-electron chi connectivity index (χ0n) is 15.5. The molecule has 0 heterocycles. The van der Waals surface area contributed by atoms with Crippen LogP contribution < -0.4 is 20.7 Å². The van der Waals surface area contributed by atoms with Gasteiger partial charge in [0.15, 0.2) is 17.6 Å². The lowest BCUT2D eigenvalue weighted by Crippen LogP contribution is -2.43. The van der Waals surface area contributed by atoms with E-state index in [2.05, 4.69) is 20.9 Å². The van der Waals surface area contributed by atoms with E-state index in [1.807, 2.05) is 0 Å². The SMILES string of the molecule is CN=C(NCCNC(=O)OC(C)(C)C)NCCOc1ccc(F)c(F)c1. The third kappa shape index (κ3) is 9.05. The van der Waals surface area contributed by atoms with E-state index in [9.17, 15) is 13.6 Å². The lowest BCUT2D eigenvalue weighted by molar-refractivity contribution is 0.0529. The van der Waals surface area contributed by atoms with E-state index in [-0.39, 0.29) is 12.4 Å². The number of carbonyl (C=O) groups is 1. The first kappa shape index (κ1) is 21.5. The topological polar surface area (TPSA) is 84.0 Å². The molecule has 0 radical (unpaired) electrons. The van der Waals surface area contributed by atoms with Crippen LogP contribution in [0.2, 0.25) is 0 Å². The van der Waals surface area contributed by atoms with Crippen molar-refractivity contribution in [1.29, 1.82) is 0 Å². The largest absolute Gasteiger partial charge is 0.492 e. The summed E-state index contributed by atoms with van der Waals surface area (Å²) < 4.78 is 36.3. The van der Waals surface area contributed by atoms with Gasteiger partial charge in [0.2, 0.25) is 0 Å². The summed E-state index contributed by atoms with van der Waals surface area (Å²) in [7, 11) is 1.60. The summed E-state index contributed by atoms with van der Waals surface area (Å²) in [4.78, 5) is 15.5. The summed E-state index contributed by atoms with van der Waals surface area (Å²) in [6, 6.07) is 3.36. The predicted octanol–water partition coefficient (Wildman–Crippen LogP) is 2.03. The number of ether oxygens (including phenoxy) is 2. The summed E-state index contributed by atoms with van der Waals surface area (Å²) >= 11 is 0. The maximum Gasteiger partial charge on any atom is 0.407 e. The molecule has 0 aliphatic rings. The molecule has 1 aromatic rings. The van der Waals surface area contributed by atoms with Crippen LogP contribution in [-0.2, 0) is 4.74 Å². The fourth-order valence-corrected chi connectivity index (χ4v) is 1.79. The average Bonchev–Trinajstić information content (AvgIpc) is 2.55. The van der Waals surface area contributed by atoms with Gasteiger partial charge in [-0.15, -0.1) is 0 Å². The van der Waals surface area contributed by atoms with E-state index in [1.54, 1.807) is 27.8 Å². The van der Waals surface area contributed by atoms with Crippen LogP contribution in [0.15, 0.2) is 23.2 Å². The lowest BCUT2D eigenvalue weighted by Gasteiger charge is -2.19. The first-order chi connectivity index (χ1) is 12.2. The standard InChI is InChI=1S/C17H26F2N4O3/c1-17(2,3)26-16(24)23-8-7-21-15(20-4)22-9-10-25-12-5-6-13(18)14(19)11-12/h5-6,11H,7-10H2,1-4H3,(H,23,24)(H2,20,21,22). The maximum absolute atomic E-state index is 13.1. The second-order valence-electron chi connectivity index (χ2n) is 6.28. The van der Waals surface area contributed by atoms with Crippen molar-refractivity contribution in [3.05, 3.63) is 29.8 Å². The Labute approximate surface area is 152 Å². The van der Waals surface area contributed by atoms with Gasteiger partial charge in [0, 0.05) is 26.2 Å². The third-order valence-electron chi connectivity index (χ3n) is 2.86. The van der Waals surface area contributed by atoms with Gasteiger partial charge in [-0.25, -0.2) is 13.6 Å². The Morgan fingerprint density at radius 1 is 1.08 bits per heavy atom. The van der Waals surface area contributed by atoms with Gasteiger partial charge in [0.1, 0.15) is 18.0 Å². The fraction of sp³-hybridized carbons (Fsp3) is 0.529. The average molecular weight is 372 g/mol. The van der Waals surface area contributed by atoms with Gasteiger partial charge in [-0.1, -0.05) is 0 Å². The smallest absolute Gasteiger partial charge is 0.407 e. The molecule has 1 aromatic carbocycles. The summed E-state index contributed by atoms with van der Waals surface area (Å²) in [5.41, 5.74) is -0.539.